The third kappa shape index (κ3) is 3.63. The van der Waals surface area contributed by atoms with E-state index in [1.807, 2.05) is 31.2 Å². The van der Waals surface area contributed by atoms with E-state index in [4.69, 9.17) is 9.47 Å². The predicted molar refractivity (Wildman–Crippen MR) is 104 cm³/mol. The van der Waals surface area contributed by atoms with Crippen molar-refractivity contribution in [3.63, 3.8) is 0 Å². The summed E-state index contributed by atoms with van der Waals surface area (Å²) in [6.45, 7) is 2.88. The first kappa shape index (κ1) is 17.5. The van der Waals surface area contributed by atoms with Gasteiger partial charge in [0.25, 0.3) is 0 Å². The Bertz CT molecular complexity index is 1040. The van der Waals surface area contributed by atoms with Gasteiger partial charge in [0.05, 0.1) is 4.92 Å². The maximum Gasteiger partial charge on any atom is 0.353 e. The Labute approximate surface area is 160 Å². The topological polar surface area (TPSA) is 111 Å². The number of hydrogen-bond donors (Lipinski definition) is 2. The van der Waals surface area contributed by atoms with E-state index in [2.05, 4.69) is 20.6 Å². The number of benzene rings is 2. The molecule has 0 amide bonds. The fourth-order valence-electron chi connectivity index (χ4n) is 2.85. The molecule has 2 aromatic carbocycles. The lowest BCUT2D eigenvalue weighted by Crippen LogP contribution is -2.15. The zero-order valence-electron chi connectivity index (χ0n) is 15.0. The highest BCUT2D eigenvalue weighted by molar-refractivity contribution is 5.77. The molecular weight excluding hydrogens is 362 g/mol. The van der Waals surface area contributed by atoms with Crippen molar-refractivity contribution in [2.45, 2.75) is 6.92 Å². The average molecular weight is 379 g/mol. The molecule has 0 fully saturated rings. The van der Waals surface area contributed by atoms with Crippen LogP contribution in [0.3, 0.4) is 0 Å². The number of nitro groups is 1. The Kier molecular flexibility index (Phi) is 4.63. The van der Waals surface area contributed by atoms with Crippen molar-refractivity contribution < 1.29 is 14.4 Å². The average Bonchev–Trinajstić information content (AvgIpc) is 2.68. The molecule has 1 aliphatic rings. The highest BCUT2D eigenvalue weighted by Crippen LogP contribution is 2.36. The maximum atomic E-state index is 11.7. The van der Waals surface area contributed by atoms with Crippen LogP contribution in [0.2, 0.25) is 0 Å². The second-order valence-corrected chi connectivity index (χ2v) is 6.15. The van der Waals surface area contributed by atoms with Gasteiger partial charge >= 0.3 is 5.69 Å². The molecule has 0 unspecified atom stereocenters. The molecule has 9 heteroatoms. The molecule has 3 aromatic rings. The highest BCUT2D eigenvalue weighted by atomic mass is 16.6. The number of hydrogen-bond acceptors (Lipinski definition) is 8. The molecule has 0 radical (unpaired) electrons. The van der Waals surface area contributed by atoms with Gasteiger partial charge in [0, 0.05) is 17.4 Å². The lowest BCUT2D eigenvalue weighted by atomic mass is 10.2. The SMILES string of the molecule is Cc1cccc(Nc2ncnc(Nc3ccc4c(c3)OCCO4)c2[N+](=O)[O-])c1. The first-order valence-electron chi connectivity index (χ1n) is 8.60. The number of aryl methyl sites for hydroxylation is 1. The number of aromatic nitrogens is 2. The fourth-order valence-corrected chi connectivity index (χ4v) is 2.85. The van der Waals surface area contributed by atoms with E-state index >= 15 is 0 Å². The molecule has 0 atom stereocenters. The molecule has 142 valence electrons. The van der Waals surface area contributed by atoms with Crippen LogP contribution in [0, 0.1) is 17.0 Å². The molecule has 1 aliphatic heterocycles. The second kappa shape index (κ2) is 7.39. The van der Waals surface area contributed by atoms with Crippen molar-refractivity contribution in [2.75, 3.05) is 23.8 Å². The van der Waals surface area contributed by atoms with E-state index in [0.29, 0.717) is 36.1 Å². The van der Waals surface area contributed by atoms with Gasteiger partial charge in [-0.05, 0) is 36.8 Å². The van der Waals surface area contributed by atoms with Crippen LogP contribution in [0.25, 0.3) is 0 Å². The summed E-state index contributed by atoms with van der Waals surface area (Å²) in [6, 6.07) is 12.7. The lowest BCUT2D eigenvalue weighted by molar-refractivity contribution is -0.383. The maximum absolute atomic E-state index is 11.7. The normalized spacial score (nSPS) is 12.3. The van der Waals surface area contributed by atoms with Gasteiger partial charge in [0.1, 0.15) is 19.5 Å². The lowest BCUT2D eigenvalue weighted by Gasteiger charge is -2.19. The van der Waals surface area contributed by atoms with Gasteiger partial charge in [0.15, 0.2) is 11.5 Å². The summed E-state index contributed by atoms with van der Waals surface area (Å²) in [5.74, 6) is 1.39. The molecule has 2 heterocycles. The minimum Gasteiger partial charge on any atom is -0.486 e. The van der Waals surface area contributed by atoms with E-state index in [9.17, 15) is 10.1 Å². The number of ether oxygens (including phenoxy) is 2. The molecule has 9 nitrogen and oxygen atoms in total. The van der Waals surface area contributed by atoms with Gasteiger partial charge in [-0.1, -0.05) is 12.1 Å². The zero-order valence-corrected chi connectivity index (χ0v) is 15.0. The Balaban J connectivity index is 1.66. The standard InChI is InChI=1S/C19H17N5O4/c1-12-3-2-4-13(9-12)22-18-17(24(25)26)19(21-11-20-18)23-14-5-6-15-16(10-14)28-8-7-27-15/h2-6,9-11H,7-8H2,1H3,(H2,20,21,22,23). The first-order valence-corrected chi connectivity index (χ1v) is 8.60. The summed E-state index contributed by atoms with van der Waals surface area (Å²) in [5, 5.41) is 17.7. The minimum absolute atomic E-state index is 0.0758. The van der Waals surface area contributed by atoms with Crippen molar-refractivity contribution in [3.8, 4) is 11.5 Å². The molecule has 0 bridgehead atoms. The third-order valence-corrected chi connectivity index (χ3v) is 4.09. The number of anilines is 4. The fraction of sp³-hybridized carbons (Fsp3) is 0.158. The summed E-state index contributed by atoms with van der Waals surface area (Å²) in [6.07, 6.45) is 1.27. The van der Waals surface area contributed by atoms with E-state index < -0.39 is 4.92 Å². The van der Waals surface area contributed by atoms with Gasteiger partial charge in [-0.2, -0.15) is 0 Å². The predicted octanol–water partition coefficient (Wildman–Crippen LogP) is 3.95. The van der Waals surface area contributed by atoms with E-state index in [1.165, 1.54) is 6.33 Å². The minimum atomic E-state index is -0.515. The molecule has 0 spiro atoms. The molecule has 28 heavy (non-hydrogen) atoms. The van der Waals surface area contributed by atoms with Crippen LogP contribution in [0.15, 0.2) is 48.8 Å². The Morgan fingerprint density at radius 2 is 1.64 bits per heavy atom. The van der Waals surface area contributed by atoms with Crippen molar-refractivity contribution in [3.05, 3.63) is 64.5 Å². The molecule has 0 aliphatic carbocycles. The van der Waals surface area contributed by atoms with Crippen LogP contribution in [0.5, 0.6) is 11.5 Å². The molecule has 0 saturated heterocycles. The van der Waals surface area contributed by atoms with Gasteiger partial charge in [-0.15, -0.1) is 0 Å². The quantitative estimate of drug-likeness (QED) is 0.506. The first-order chi connectivity index (χ1) is 13.6. The summed E-state index contributed by atoms with van der Waals surface area (Å²) in [5.41, 5.74) is 2.06. The van der Waals surface area contributed by atoms with Crippen LogP contribution >= 0.6 is 0 Å². The van der Waals surface area contributed by atoms with Crippen LogP contribution < -0.4 is 20.1 Å². The van der Waals surface area contributed by atoms with Crippen molar-refractivity contribution in [2.24, 2.45) is 0 Å². The molecule has 2 N–H and O–H groups in total. The van der Waals surface area contributed by atoms with Gasteiger partial charge < -0.3 is 20.1 Å². The second-order valence-electron chi connectivity index (χ2n) is 6.15. The van der Waals surface area contributed by atoms with Gasteiger partial charge in [-0.25, -0.2) is 9.97 Å². The number of rotatable bonds is 5. The smallest absolute Gasteiger partial charge is 0.353 e. The summed E-state index contributed by atoms with van der Waals surface area (Å²) in [4.78, 5) is 19.3. The monoisotopic (exact) mass is 379 g/mol. The Morgan fingerprint density at radius 1 is 0.964 bits per heavy atom. The highest BCUT2D eigenvalue weighted by Gasteiger charge is 2.24. The van der Waals surface area contributed by atoms with E-state index in [0.717, 1.165) is 5.56 Å². The van der Waals surface area contributed by atoms with Crippen molar-refractivity contribution in [1.29, 1.82) is 0 Å². The molecule has 1 aromatic heterocycles. The van der Waals surface area contributed by atoms with E-state index in [1.54, 1.807) is 18.2 Å². The largest absolute Gasteiger partial charge is 0.486 e. The van der Waals surface area contributed by atoms with Crippen LogP contribution in [0.1, 0.15) is 5.56 Å². The van der Waals surface area contributed by atoms with Gasteiger partial charge in [-0.3, -0.25) is 10.1 Å². The van der Waals surface area contributed by atoms with Gasteiger partial charge in [0.2, 0.25) is 11.6 Å². The van der Waals surface area contributed by atoms with Crippen molar-refractivity contribution >= 4 is 28.7 Å². The van der Waals surface area contributed by atoms with Crippen LogP contribution in [0.4, 0.5) is 28.7 Å². The Hall–Kier alpha value is -3.88. The van der Waals surface area contributed by atoms with Crippen molar-refractivity contribution in [1.82, 2.24) is 9.97 Å². The molecule has 4 rings (SSSR count). The third-order valence-electron chi connectivity index (χ3n) is 4.09. The number of nitrogens with zero attached hydrogens (tertiary/aromatic N) is 3. The van der Waals surface area contributed by atoms with Crippen LogP contribution in [-0.2, 0) is 0 Å². The summed E-state index contributed by atoms with van der Waals surface area (Å²) in [7, 11) is 0. The summed E-state index contributed by atoms with van der Waals surface area (Å²) >= 11 is 0. The van der Waals surface area contributed by atoms with E-state index in [-0.39, 0.29) is 17.3 Å². The molecule has 0 saturated carbocycles. The summed E-state index contributed by atoms with van der Waals surface area (Å²) < 4.78 is 11.0. The zero-order chi connectivity index (χ0) is 19.5. The number of nitrogens with one attached hydrogen (secondary N) is 2. The Morgan fingerprint density at radius 3 is 2.32 bits per heavy atom. The molecular formula is C19H17N5O4. The number of fused-ring (bicyclic) bond motifs is 1. The van der Waals surface area contributed by atoms with Crippen LogP contribution in [-0.4, -0.2) is 28.1 Å².